The Labute approximate surface area is 100 Å². The molecule has 0 atom stereocenters. The molecule has 0 unspecified atom stereocenters. The van der Waals surface area contributed by atoms with Gasteiger partial charge in [-0.2, -0.15) is 0 Å². The summed E-state index contributed by atoms with van der Waals surface area (Å²) in [5, 5.41) is 0. The zero-order valence-corrected chi connectivity index (χ0v) is 10.3. The van der Waals surface area contributed by atoms with Gasteiger partial charge >= 0.3 is 0 Å². The average molecular weight is 236 g/mol. The summed E-state index contributed by atoms with van der Waals surface area (Å²) in [7, 11) is 4.75. The van der Waals surface area contributed by atoms with Crippen molar-refractivity contribution in [3.8, 4) is 17.2 Å². The van der Waals surface area contributed by atoms with Gasteiger partial charge in [0.1, 0.15) is 23.5 Å². The molecule has 0 aliphatic heterocycles. The molecule has 1 fully saturated rings. The maximum atomic E-state index is 11.2. The molecule has 92 valence electrons. The SMILES string of the molecule is COc1cc(OC)c(C2(C=O)CC2)c(OC)c1. The highest BCUT2D eigenvalue weighted by Gasteiger charge is 2.48. The lowest BCUT2D eigenvalue weighted by Gasteiger charge is -2.18. The second-order valence-electron chi connectivity index (χ2n) is 4.18. The van der Waals surface area contributed by atoms with E-state index in [-0.39, 0.29) is 0 Å². The van der Waals surface area contributed by atoms with Crippen LogP contribution in [0, 0.1) is 0 Å². The number of methoxy groups -OCH3 is 3. The molecule has 0 heterocycles. The van der Waals surface area contributed by atoms with Gasteiger partial charge in [-0.1, -0.05) is 0 Å². The van der Waals surface area contributed by atoms with Gasteiger partial charge in [0, 0.05) is 17.7 Å². The molecule has 0 aromatic heterocycles. The van der Waals surface area contributed by atoms with Crippen LogP contribution in [-0.4, -0.2) is 27.6 Å². The minimum Gasteiger partial charge on any atom is -0.496 e. The van der Waals surface area contributed by atoms with Gasteiger partial charge in [0.25, 0.3) is 0 Å². The van der Waals surface area contributed by atoms with Gasteiger partial charge in [-0.3, -0.25) is 0 Å². The maximum Gasteiger partial charge on any atom is 0.130 e. The third-order valence-electron chi connectivity index (χ3n) is 3.23. The number of hydrogen-bond acceptors (Lipinski definition) is 4. The first kappa shape index (κ1) is 11.8. The van der Waals surface area contributed by atoms with Gasteiger partial charge in [-0.25, -0.2) is 0 Å². The van der Waals surface area contributed by atoms with Crippen LogP contribution in [0.5, 0.6) is 17.2 Å². The number of aldehydes is 1. The van der Waals surface area contributed by atoms with Crippen LogP contribution in [0.3, 0.4) is 0 Å². The summed E-state index contributed by atoms with van der Waals surface area (Å²) < 4.78 is 15.9. The quantitative estimate of drug-likeness (QED) is 0.733. The van der Waals surface area contributed by atoms with Crippen molar-refractivity contribution < 1.29 is 19.0 Å². The summed E-state index contributed by atoms with van der Waals surface area (Å²) in [6.45, 7) is 0. The van der Waals surface area contributed by atoms with E-state index in [4.69, 9.17) is 14.2 Å². The first-order chi connectivity index (χ1) is 8.20. The van der Waals surface area contributed by atoms with E-state index in [1.165, 1.54) is 0 Å². The molecule has 0 amide bonds. The molecule has 1 aromatic rings. The third-order valence-corrected chi connectivity index (χ3v) is 3.23. The van der Waals surface area contributed by atoms with Crippen LogP contribution in [0.4, 0.5) is 0 Å². The fourth-order valence-corrected chi connectivity index (χ4v) is 2.06. The van der Waals surface area contributed by atoms with Crippen molar-refractivity contribution in [1.29, 1.82) is 0 Å². The molecular weight excluding hydrogens is 220 g/mol. The van der Waals surface area contributed by atoms with Gasteiger partial charge in [-0.15, -0.1) is 0 Å². The number of hydrogen-bond donors (Lipinski definition) is 0. The smallest absolute Gasteiger partial charge is 0.130 e. The molecule has 0 radical (unpaired) electrons. The highest BCUT2D eigenvalue weighted by Crippen LogP contribution is 2.54. The molecule has 0 saturated heterocycles. The standard InChI is InChI=1S/C13H16O4/c1-15-9-6-10(16-2)12(11(7-9)17-3)13(8-14)4-5-13/h6-8H,4-5H2,1-3H3. The minimum atomic E-state index is -0.428. The van der Waals surface area contributed by atoms with E-state index in [1.54, 1.807) is 33.5 Å². The van der Waals surface area contributed by atoms with E-state index < -0.39 is 5.41 Å². The predicted octanol–water partition coefficient (Wildman–Crippen LogP) is 1.94. The highest BCUT2D eigenvalue weighted by atomic mass is 16.5. The molecule has 17 heavy (non-hydrogen) atoms. The number of ether oxygens (including phenoxy) is 3. The van der Waals surface area contributed by atoms with Gasteiger partial charge in [0.05, 0.1) is 26.7 Å². The molecule has 0 spiro atoms. The second kappa shape index (κ2) is 4.28. The Hall–Kier alpha value is -1.71. The number of carbonyl (C=O) groups excluding carboxylic acids is 1. The largest absolute Gasteiger partial charge is 0.496 e. The van der Waals surface area contributed by atoms with Gasteiger partial charge < -0.3 is 19.0 Å². The fourth-order valence-electron chi connectivity index (χ4n) is 2.06. The van der Waals surface area contributed by atoms with Crippen LogP contribution in [0.2, 0.25) is 0 Å². The van der Waals surface area contributed by atoms with Gasteiger partial charge in [0.15, 0.2) is 0 Å². The van der Waals surface area contributed by atoms with Crippen molar-refractivity contribution in [2.24, 2.45) is 0 Å². The lowest BCUT2D eigenvalue weighted by Crippen LogP contribution is -2.12. The molecule has 1 saturated carbocycles. The van der Waals surface area contributed by atoms with Crippen molar-refractivity contribution >= 4 is 6.29 Å². The minimum absolute atomic E-state index is 0.428. The summed E-state index contributed by atoms with van der Waals surface area (Å²) in [5.74, 6) is 1.95. The Balaban J connectivity index is 2.59. The van der Waals surface area contributed by atoms with Crippen molar-refractivity contribution in [3.05, 3.63) is 17.7 Å². The van der Waals surface area contributed by atoms with Crippen LogP contribution in [-0.2, 0) is 10.2 Å². The molecule has 1 aliphatic carbocycles. The first-order valence-corrected chi connectivity index (χ1v) is 5.47. The van der Waals surface area contributed by atoms with E-state index in [0.717, 1.165) is 24.7 Å². The fraction of sp³-hybridized carbons (Fsp3) is 0.462. The zero-order valence-electron chi connectivity index (χ0n) is 10.3. The summed E-state index contributed by atoms with van der Waals surface area (Å²) in [5.41, 5.74) is 0.404. The molecule has 1 aromatic carbocycles. The van der Waals surface area contributed by atoms with E-state index >= 15 is 0 Å². The van der Waals surface area contributed by atoms with Gasteiger partial charge in [0.2, 0.25) is 0 Å². The lowest BCUT2D eigenvalue weighted by atomic mass is 9.95. The second-order valence-corrected chi connectivity index (χ2v) is 4.18. The molecule has 4 nitrogen and oxygen atoms in total. The van der Waals surface area contributed by atoms with Crippen LogP contribution < -0.4 is 14.2 Å². The monoisotopic (exact) mass is 236 g/mol. The molecule has 1 aliphatic rings. The van der Waals surface area contributed by atoms with Crippen LogP contribution in [0.25, 0.3) is 0 Å². The molecule has 2 rings (SSSR count). The molecule has 0 bridgehead atoms. The van der Waals surface area contributed by atoms with Crippen molar-refractivity contribution in [2.75, 3.05) is 21.3 Å². The topological polar surface area (TPSA) is 44.8 Å². The molecular formula is C13H16O4. The molecule has 4 heteroatoms. The van der Waals surface area contributed by atoms with E-state index in [0.29, 0.717) is 17.2 Å². The number of rotatable bonds is 5. The Morgan fingerprint density at radius 2 is 1.59 bits per heavy atom. The zero-order chi connectivity index (χ0) is 12.5. The lowest BCUT2D eigenvalue weighted by molar-refractivity contribution is -0.109. The normalized spacial score (nSPS) is 16.2. The highest BCUT2D eigenvalue weighted by molar-refractivity contribution is 5.77. The van der Waals surface area contributed by atoms with Crippen molar-refractivity contribution in [3.63, 3.8) is 0 Å². The van der Waals surface area contributed by atoms with Crippen molar-refractivity contribution in [1.82, 2.24) is 0 Å². The first-order valence-electron chi connectivity index (χ1n) is 5.47. The predicted molar refractivity (Wildman–Crippen MR) is 63.1 cm³/mol. The van der Waals surface area contributed by atoms with E-state index in [9.17, 15) is 4.79 Å². The Morgan fingerprint density at radius 3 is 1.88 bits per heavy atom. The molecule has 0 N–H and O–H groups in total. The van der Waals surface area contributed by atoms with E-state index in [2.05, 4.69) is 0 Å². The van der Waals surface area contributed by atoms with Crippen LogP contribution in [0.15, 0.2) is 12.1 Å². The summed E-state index contributed by atoms with van der Waals surface area (Å²) in [4.78, 5) is 11.2. The van der Waals surface area contributed by atoms with Crippen molar-refractivity contribution in [2.45, 2.75) is 18.3 Å². The summed E-state index contributed by atoms with van der Waals surface area (Å²) in [6, 6.07) is 3.56. The number of benzene rings is 1. The van der Waals surface area contributed by atoms with Gasteiger partial charge in [-0.05, 0) is 12.8 Å². The van der Waals surface area contributed by atoms with Crippen LogP contribution >= 0.6 is 0 Å². The Bertz CT molecular complexity index is 410. The third kappa shape index (κ3) is 1.84. The Morgan fingerprint density at radius 1 is 1.06 bits per heavy atom. The summed E-state index contributed by atoms with van der Waals surface area (Å²) in [6.07, 6.45) is 2.67. The summed E-state index contributed by atoms with van der Waals surface area (Å²) >= 11 is 0. The number of carbonyl (C=O) groups is 1. The Kier molecular flexibility index (Phi) is 2.96. The maximum absolute atomic E-state index is 11.2. The van der Waals surface area contributed by atoms with Crippen LogP contribution in [0.1, 0.15) is 18.4 Å². The van der Waals surface area contributed by atoms with E-state index in [1.807, 2.05) is 0 Å². The average Bonchev–Trinajstić information content (AvgIpc) is 3.17.